The molecule has 1 aromatic heterocycles. The molecule has 1 fully saturated rings. The van der Waals surface area contributed by atoms with Crippen molar-refractivity contribution in [2.45, 2.75) is 32.7 Å². The number of carbonyl (C=O) groups excluding carboxylic acids is 1. The zero-order valence-electron chi connectivity index (χ0n) is 15.7. The fourth-order valence-corrected chi connectivity index (χ4v) is 2.81. The maximum atomic E-state index is 13.8. The highest BCUT2D eigenvalue weighted by Gasteiger charge is 2.29. The molecule has 2 aromatic carbocycles. The van der Waals surface area contributed by atoms with Gasteiger partial charge in [0.2, 0.25) is 17.6 Å². The molecular formula is C21H21FN4O2. The van der Waals surface area contributed by atoms with Crippen molar-refractivity contribution >= 4 is 17.3 Å². The van der Waals surface area contributed by atoms with Gasteiger partial charge in [0.05, 0.1) is 0 Å². The molecule has 0 bridgehead atoms. The number of nitrogens with one attached hydrogen (secondary N) is 2. The molecule has 144 valence electrons. The van der Waals surface area contributed by atoms with Crippen LogP contribution in [0.2, 0.25) is 0 Å². The highest BCUT2D eigenvalue weighted by molar-refractivity contribution is 5.94. The zero-order chi connectivity index (χ0) is 19.7. The van der Waals surface area contributed by atoms with Crippen molar-refractivity contribution in [3.63, 3.8) is 0 Å². The van der Waals surface area contributed by atoms with Gasteiger partial charge in [0.1, 0.15) is 11.9 Å². The van der Waals surface area contributed by atoms with Gasteiger partial charge in [-0.2, -0.15) is 4.98 Å². The van der Waals surface area contributed by atoms with Crippen LogP contribution < -0.4 is 10.6 Å². The summed E-state index contributed by atoms with van der Waals surface area (Å²) in [6.07, 6.45) is 1.95. The number of carbonyl (C=O) groups is 1. The second-order valence-corrected chi connectivity index (χ2v) is 7.13. The number of aromatic nitrogens is 2. The van der Waals surface area contributed by atoms with E-state index < -0.39 is 0 Å². The van der Waals surface area contributed by atoms with E-state index in [2.05, 4.69) is 20.8 Å². The Morgan fingerprint density at radius 2 is 1.89 bits per heavy atom. The molecule has 0 spiro atoms. The van der Waals surface area contributed by atoms with E-state index in [9.17, 15) is 9.18 Å². The first kappa shape index (κ1) is 18.2. The summed E-state index contributed by atoms with van der Waals surface area (Å²) < 4.78 is 19.1. The molecule has 1 aliphatic rings. The fraction of sp³-hybridized carbons (Fsp3) is 0.286. The average Bonchev–Trinajstić information content (AvgIpc) is 3.42. The van der Waals surface area contributed by atoms with Gasteiger partial charge in [0, 0.05) is 22.9 Å². The second kappa shape index (κ2) is 7.42. The number of nitrogens with zero attached hydrogens (tertiary/aromatic N) is 2. The minimum Gasteiger partial charge on any atom is -0.374 e. The quantitative estimate of drug-likeness (QED) is 0.648. The van der Waals surface area contributed by atoms with Crippen LogP contribution >= 0.6 is 0 Å². The van der Waals surface area contributed by atoms with E-state index in [1.165, 1.54) is 6.07 Å². The van der Waals surface area contributed by atoms with Crippen LogP contribution in [-0.2, 0) is 4.79 Å². The van der Waals surface area contributed by atoms with Crippen LogP contribution in [-0.4, -0.2) is 16.0 Å². The SMILES string of the molecule is Cc1ccc(-c2noc(C(C)Nc3ccc(NC(=O)C4CC4)cc3)n2)cc1F. The summed E-state index contributed by atoms with van der Waals surface area (Å²) in [4.78, 5) is 16.2. The van der Waals surface area contributed by atoms with Crippen LogP contribution in [0, 0.1) is 18.7 Å². The number of anilines is 2. The summed E-state index contributed by atoms with van der Waals surface area (Å²) in [5.74, 6) is 0.707. The number of aryl methyl sites for hydroxylation is 1. The van der Waals surface area contributed by atoms with Crippen molar-refractivity contribution in [3.8, 4) is 11.4 Å². The molecule has 0 aliphatic heterocycles. The summed E-state index contributed by atoms with van der Waals surface area (Å²) in [5.41, 5.74) is 2.77. The lowest BCUT2D eigenvalue weighted by Crippen LogP contribution is -2.13. The molecule has 7 heteroatoms. The number of benzene rings is 2. The maximum absolute atomic E-state index is 13.8. The lowest BCUT2D eigenvalue weighted by Gasteiger charge is -2.12. The third-order valence-electron chi connectivity index (χ3n) is 4.73. The molecule has 0 radical (unpaired) electrons. The Morgan fingerprint density at radius 1 is 1.18 bits per heavy atom. The Kier molecular flexibility index (Phi) is 4.81. The fourth-order valence-electron chi connectivity index (χ4n) is 2.81. The summed E-state index contributed by atoms with van der Waals surface area (Å²) in [7, 11) is 0. The number of hydrogen-bond donors (Lipinski definition) is 2. The number of hydrogen-bond acceptors (Lipinski definition) is 5. The van der Waals surface area contributed by atoms with Gasteiger partial charge in [0.25, 0.3) is 0 Å². The monoisotopic (exact) mass is 380 g/mol. The Hall–Kier alpha value is -3.22. The first-order valence-electron chi connectivity index (χ1n) is 9.27. The standard InChI is InChI=1S/C21H21FN4O2/c1-12-3-4-15(11-18(12)22)19-25-21(28-26-19)13(2)23-16-7-9-17(10-8-16)24-20(27)14-5-6-14/h3-4,7-11,13-14,23H,5-6H2,1-2H3,(H,24,27). The van der Waals surface area contributed by atoms with Gasteiger partial charge in [-0.25, -0.2) is 4.39 Å². The first-order chi connectivity index (χ1) is 13.5. The molecule has 1 atom stereocenters. The van der Waals surface area contributed by atoms with Gasteiger partial charge in [-0.15, -0.1) is 0 Å². The van der Waals surface area contributed by atoms with Crippen LogP contribution in [0.25, 0.3) is 11.4 Å². The van der Waals surface area contributed by atoms with E-state index in [0.717, 1.165) is 24.2 Å². The lowest BCUT2D eigenvalue weighted by atomic mass is 10.1. The zero-order valence-corrected chi connectivity index (χ0v) is 15.7. The van der Waals surface area contributed by atoms with Gasteiger partial charge in [-0.3, -0.25) is 4.79 Å². The van der Waals surface area contributed by atoms with Gasteiger partial charge in [0.15, 0.2) is 0 Å². The number of rotatable bonds is 6. The van der Waals surface area contributed by atoms with Crippen molar-refractivity contribution < 1.29 is 13.7 Å². The number of amides is 1. The summed E-state index contributed by atoms with van der Waals surface area (Å²) >= 11 is 0. The van der Waals surface area contributed by atoms with Gasteiger partial charge in [-0.1, -0.05) is 17.3 Å². The van der Waals surface area contributed by atoms with Crippen molar-refractivity contribution in [3.05, 3.63) is 59.7 Å². The second-order valence-electron chi connectivity index (χ2n) is 7.13. The van der Waals surface area contributed by atoms with Crippen LogP contribution in [0.5, 0.6) is 0 Å². The molecule has 6 nitrogen and oxygen atoms in total. The Morgan fingerprint density at radius 3 is 2.57 bits per heavy atom. The average molecular weight is 380 g/mol. The third kappa shape index (κ3) is 4.03. The molecule has 1 heterocycles. The molecule has 3 aromatic rings. The largest absolute Gasteiger partial charge is 0.374 e. The number of halogens is 1. The summed E-state index contributed by atoms with van der Waals surface area (Å²) in [6, 6.07) is 12.1. The predicted octanol–water partition coefficient (Wildman–Crippen LogP) is 4.71. The van der Waals surface area contributed by atoms with Crippen LogP contribution in [0.15, 0.2) is 47.0 Å². The summed E-state index contributed by atoms with van der Waals surface area (Å²) in [6.45, 7) is 3.60. The molecule has 1 saturated carbocycles. The van der Waals surface area contributed by atoms with Crippen LogP contribution in [0.3, 0.4) is 0 Å². The van der Waals surface area contributed by atoms with Gasteiger partial charge >= 0.3 is 0 Å². The third-order valence-corrected chi connectivity index (χ3v) is 4.73. The van der Waals surface area contributed by atoms with E-state index in [4.69, 9.17) is 4.52 Å². The van der Waals surface area contributed by atoms with E-state index in [-0.39, 0.29) is 23.7 Å². The molecule has 1 aliphatic carbocycles. The van der Waals surface area contributed by atoms with E-state index in [1.807, 2.05) is 31.2 Å². The molecule has 2 N–H and O–H groups in total. The normalized spacial score (nSPS) is 14.5. The molecule has 1 amide bonds. The Balaban J connectivity index is 1.40. The molecular weight excluding hydrogens is 359 g/mol. The smallest absolute Gasteiger partial charge is 0.249 e. The topological polar surface area (TPSA) is 80.0 Å². The molecule has 4 rings (SSSR count). The maximum Gasteiger partial charge on any atom is 0.249 e. The predicted molar refractivity (Wildman–Crippen MR) is 104 cm³/mol. The minimum absolute atomic E-state index is 0.0833. The Bertz CT molecular complexity index is 996. The summed E-state index contributed by atoms with van der Waals surface area (Å²) in [5, 5.41) is 10.1. The van der Waals surface area contributed by atoms with Crippen LogP contribution in [0.1, 0.15) is 37.3 Å². The highest BCUT2D eigenvalue weighted by atomic mass is 19.1. The van der Waals surface area contributed by atoms with Crippen molar-refractivity contribution in [2.75, 3.05) is 10.6 Å². The van der Waals surface area contributed by atoms with E-state index in [0.29, 0.717) is 22.8 Å². The Labute approximate surface area is 162 Å². The molecule has 1 unspecified atom stereocenters. The van der Waals surface area contributed by atoms with Gasteiger partial charge in [-0.05, 0) is 62.6 Å². The van der Waals surface area contributed by atoms with Crippen molar-refractivity contribution in [1.29, 1.82) is 0 Å². The minimum atomic E-state index is -0.302. The van der Waals surface area contributed by atoms with E-state index in [1.54, 1.807) is 19.1 Å². The van der Waals surface area contributed by atoms with Crippen molar-refractivity contribution in [2.24, 2.45) is 5.92 Å². The van der Waals surface area contributed by atoms with Gasteiger partial charge < -0.3 is 15.2 Å². The van der Waals surface area contributed by atoms with Crippen LogP contribution in [0.4, 0.5) is 15.8 Å². The first-order valence-corrected chi connectivity index (χ1v) is 9.27. The van der Waals surface area contributed by atoms with Crippen molar-refractivity contribution in [1.82, 2.24) is 10.1 Å². The lowest BCUT2D eigenvalue weighted by molar-refractivity contribution is -0.117. The van der Waals surface area contributed by atoms with E-state index >= 15 is 0 Å². The highest BCUT2D eigenvalue weighted by Crippen LogP contribution is 2.30. The molecule has 28 heavy (non-hydrogen) atoms. The molecule has 0 saturated heterocycles.